The van der Waals surface area contributed by atoms with E-state index in [4.69, 9.17) is 5.26 Å². The van der Waals surface area contributed by atoms with Crippen LogP contribution in [0.2, 0.25) is 0 Å². The Morgan fingerprint density at radius 1 is 1.43 bits per heavy atom. The van der Waals surface area contributed by atoms with Crippen LogP contribution in [0, 0.1) is 18.3 Å². The predicted octanol–water partition coefficient (Wildman–Crippen LogP) is 3.80. The third-order valence-corrected chi connectivity index (χ3v) is 4.04. The third-order valence-electron chi connectivity index (χ3n) is 2.18. The summed E-state index contributed by atoms with van der Waals surface area (Å²) in [6.45, 7) is 2.01. The van der Waals surface area contributed by atoms with Crippen molar-refractivity contribution in [3.63, 3.8) is 0 Å². The number of thiophene rings is 1. The highest BCUT2D eigenvalue weighted by atomic mass is 32.2. The van der Waals surface area contributed by atoms with E-state index >= 15 is 0 Å². The van der Waals surface area contributed by atoms with Crippen LogP contribution in [0.1, 0.15) is 10.4 Å². The molecule has 14 heavy (non-hydrogen) atoms. The quantitative estimate of drug-likeness (QED) is 0.681. The molecular weight excluding hydrogens is 210 g/mol. The summed E-state index contributed by atoms with van der Waals surface area (Å²) in [5.41, 5.74) is 0.843. The van der Waals surface area contributed by atoms with E-state index in [9.17, 15) is 0 Å². The van der Waals surface area contributed by atoms with E-state index in [0.717, 1.165) is 15.8 Å². The van der Waals surface area contributed by atoms with Crippen molar-refractivity contribution in [2.45, 2.75) is 11.8 Å². The zero-order valence-electron chi connectivity index (χ0n) is 8.00. The average Bonchev–Trinajstić information content (AvgIpc) is 2.52. The molecule has 1 heterocycles. The summed E-state index contributed by atoms with van der Waals surface area (Å²) in [6.07, 6.45) is 2.04. The Balaban J connectivity index is 2.91. The van der Waals surface area contributed by atoms with Crippen molar-refractivity contribution in [2.75, 3.05) is 6.26 Å². The molecule has 0 aliphatic carbocycles. The molecule has 3 heteroatoms. The second-order valence-electron chi connectivity index (χ2n) is 2.98. The largest absolute Gasteiger partial charge is 0.192 e. The molecule has 1 aromatic heterocycles. The molecule has 0 aliphatic rings. The molecule has 0 atom stereocenters. The lowest BCUT2D eigenvalue weighted by molar-refractivity contribution is 1.46. The summed E-state index contributed by atoms with van der Waals surface area (Å²) < 4.78 is 1.21. The Kier molecular flexibility index (Phi) is 2.49. The molecule has 1 nitrogen and oxygen atoms in total. The number of benzene rings is 1. The average molecular weight is 219 g/mol. The second-order valence-corrected chi connectivity index (χ2v) is 5.08. The minimum Gasteiger partial charge on any atom is -0.192 e. The van der Waals surface area contributed by atoms with Crippen molar-refractivity contribution in [2.24, 2.45) is 0 Å². The fourth-order valence-electron chi connectivity index (χ4n) is 1.54. The highest BCUT2D eigenvalue weighted by Crippen LogP contribution is 2.36. The van der Waals surface area contributed by atoms with E-state index in [0.29, 0.717) is 0 Å². The molecule has 0 saturated carbocycles. The van der Waals surface area contributed by atoms with E-state index in [1.54, 1.807) is 23.1 Å². The van der Waals surface area contributed by atoms with Crippen molar-refractivity contribution in [1.82, 2.24) is 0 Å². The first-order valence-corrected chi connectivity index (χ1v) is 6.28. The molecule has 0 bridgehead atoms. The number of aryl methyl sites for hydroxylation is 1. The molecule has 0 spiro atoms. The Labute approximate surface area is 91.4 Å². The first-order chi connectivity index (χ1) is 6.77. The summed E-state index contributed by atoms with van der Waals surface area (Å²) in [4.78, 5) is 2.31. The minimum atomic E-state index is 0.843. The molecule has 1 aromatic carbocycles. The van der Waals surface area contributed by atoms with E-state index in [1.807, 2.05) is 19.2 Å². The number of fused-ring (bicyclic) bond motifs is 1. The molecule has 70 valence electrons. The van der Waals surface area contributed by atoms with Crippen LogP contribution in [-0.2, 0) is 0 Å². The summed E-state index contributed by atoms with van der Waals surface area (Å²) in [7, 11) is 0. The van der Waals surface area contributed by atoms with Crippen LogP contribution in [0.15, 0.2) is 23.1 Å². The Bertz CT molecular complexity index is 520. The maximum atomic E-state index is 9.07. The fourth-order valence-corrected chi connectivity index (χ4v) is 3.27. The van der Waals surface area contributed by atoms with Gasteiger partial charge >= 0.3 is 0 Å². The standard InChI is InChI=1S/C11H9NS2/c1-7-8(6-12)11-9(13-2)4-3-5-10(11)14-7/h3-5H,1-2H3. The van der Waals surface area contributed by atoms with Gasteiger partial charge in [-0.2, -0.15) is 5.26 Å². The third kappa shape index (κ3) is 1.31. The van der Waals surface area contributed by atoms with Crippen LogP contribution in [0.5, 0.6) is 0 Å². The SMILES string of the molecule is CSc1cccc2sc(C)c(C#N)c12. The van der Waals surface area contributed by atoms with Crippen molar-refractivity contribution < 1.29 is 0 Å². The van der Waals surface area contributed by atoms with Crippen LogP contribution >= 0.6 is 23.1 Å². The minimum absolute atomic E-state index is 0.843. The summed E-state index contributed by atoms with van der Waals surface area (Å²) in [6, 6.07) is 8.48. The summed E-state index contributed by atoms with van der Waals surface area (Å²) in [5, 5.41) is 10.2. The smallest absolute Gasteiger partial charge is 0.101 e. The van der Waals surface area contributed by atoms with Crippen molar-refractivity contribution in [3.8, 4) is 6.07 Å². The first-order valence-electron chi connectivity index (χ1n) is 4.24. The van der Waals surface area contributed by atoms with Gasteiger partial charge in [0.1, 0.15) is 6.07 Å². The number of hydrogen-bond acceptors (Lipinski definition) is 3. The lowest BCUT2D eigenvalue weighted by Gasteiger charge is -1.98. The molecule has 0 aliphatic heterocycles. The molecule has 0 unspecified atom stereocenters. The van der Waals surface area contributed by atoms with E-state index in [-0.39, 0.29) is 0 Å². The van der Waals surface area contributed by atoms with Gasteiger partial charge in [-0.15, -0.1) is 23.1 Å². The van der Waals surface area contributed by atoms with Gasteiger partial charge in [-0.3, -0.25) is 0 Å². The van der Waals surface area contributed by atoms with Crippen LogP contribution in [-0.4, -0.2) is 6.26 Å². The maximum absolute atomic E-state index is 9.07. The topological polar surface area (TPSA) is 23.8 Å². The number of rotatable bonds is 1. The Hall–Kier alpha value is -0.980. The molecule has 0 radical (unpaired) electrons. The number of hydrogen-bond donors (Lipinski definition) is 0. The zero-order chi connectivity index (χ0) is 10.1. The Morgan fingerprint density at radius 3 is 2.86 bits per heavy atom. The van der Waals surface area contributed by atoms with E-state index in [2.05, 4.69) is 18.2 Å². The van der Waals surface area contributed by atoms with Crippen LogP contribution in [0.3, 0.4) is 0 Å². The number of thioether (sulfide) groups is 1. The predicted molar refractivity (Wildman–Crippen MR) is 63.1 cm³/mol. The molecular formula is C11H9NS2. The summed E-state index contributed by atoms with van der Waals surface area (Å²) in [5.74, 6) is 0. The van der Waals surface area contributed by atoms with Gasteiger partial charge in [0.25, 0.3) is 0 Å². The van der Waals surface area contributed by atoms with E-state index < -0.39 is 0 Å². The lowest BCUT2D eigenvalue weighted by Crippen LogP contribution is -1.77. The van der Waals surface area contributed by atoms with Gasteiger partial charge in [-0.25, -0.2) is 0 Å². The fraction of sp³-hybridized carbons (Fsp3) is 0.182. The highest BCUT2D eigenvalue weighted by Gasteiger charge is 2.11. The molecule has 2 rings (SSSR count). The van der Waals surface area contributed by atoms with Crippen LogP contribution < -0.4 is 0 Å². The van der Waals surface area contributed by atoms with E-state index in [1.165, 1.54) is 9.60 Å². The molecule has 0 N–H and O–H groups in total. The molecule has 0 amide bonds. The van der Waals surface area contributed by atoms with Gasteiger partial charge in [-0.05, 0) is 25.3 Å². The van der Waals surface area contributed by atoms with Gasteiger partial charge in [0.15, 0.2) is 0 Å². The van der Waals surface area contributed by atoms with Crippen molar-refractivity contribution in [1.29, 1.82) is 5.26 Å². The maximum Gasteiger partial charge on any atom is 0.101 e. The van der Waals surface area contributed by atoms with Crippen LogP contribution in [0.25, 0.3) is 10.1 Å². The summed E-state index contributed by atoms with van der Waals surface area (Å²) >= 11 is 3.39. The van der Waals surface area contributed by atoms with Gasteiger partial charge in [0, 0.05) is 19.9 Å². The first kappa shape index (κ1) is 9.57. The van der Waals surface area contributed by atoms with Crippen molar-refractivity contribution >= 4 is 33.2 Å². The van der Waals surface area contributed by atoms with Gasteiger partial charge < -0.3 is 0 Å². The number of nitrogens with zero attached hydrogens (tertiary/aromatic N) is 1. The molecule has 2 aromatic rings. The van der Waals surface area contributed by atoms with Gasteiger partial charge in [0.05, 0.1) is 5.56 Å². The highest BCUT2D eigenvalue weighted by molar-refractivity contribution is 7.98. The van der Waals surface area contributed by atoms with Crippen LogP contribution in [0.4, 0.5) is 0 Å². The monoisotopic (exact) mass is 219 g/mol. The zero-order valence-corrected chi connectivity index (χ0v) is 9.63. The molecule has 0 saturated heterocycles. The Morgan fingerprint density at radius 2 is 2.21 bits per heavy atom. The van der Waals surface area contributed by atoms with Gasteiger partial charge in [0.2, 0.25) is 0 Å². The normalized spacial score (nSPS) is 10.4. The molecule has 0 fully saturated rings. The van der Waals surface area contributed by atoms with Crippen molar-refractivity contribution in [3.05, 3.63) is 28.6 Å². The number of nitriles is 1. The lowest BCUT2D eigenvalue weighted by atomic mass is 10.1. The second kappa shape index (κ2) is 3.64. The van der Waals surface area contributed by atoms with Gasteiger partial charge in [-0.1, -0.05) is 6.07 Å².